The van der Waals surface area contributed by atoms with E-state index >= 15 is 0 Å². The number of thiazole rings is 1. The molecular weight excluding hydrogens is 548 g/mol. The Kier molecular flexibility index (Phi) is 9.60. The fourth-order valence-electron chi connectivity index (χ4n) is 4.38. The van der Waals surface area contributed by atoms with Gasteiger partial charge < -0.3 is 15.4 Å². The molecule has 4 rings (SSSR count). The second-order valence-corrected chi connectivity index (χ2v) is 13.8. The zero-order chi connectivity index (χ0) is 28.9. The van der Waals surface area contributed by atoms with Crippen LogP contribution < -0.4 is 15.8 Å². The Morgan fingerprint density at radius 1 is 1.12 bits per heavy atom. The van der Waals surface area contributed by atoms with Gasteiger partial charge in [0, 0.05) is 25.8 Å². The number of primary sulfonamides is 1. The number of nitrogens with zero attached hydrogens (tertiary/aromatic N) is 1. The van der Waals surface area contributed by atoms with Gasteiger partial charge in [0.05, 0.1) is 27.5 Å². The van der Waals surface area contributed by atoms with Crippen LogP contribution >= 0.6 is 11.3 Å². The van der Waals surface area contributed by atoms with Crippen LogP contribution in [-0.4, -0.2) is 56.8 Å². The van der Waals surface area contributed by atoms with Crippen molar-refractivity contribution in [2.24, 2.45) is 11.1 Å². The first-order chi connectivity index (χ1) is 18.9. The molecule has 1 aliphatic rings. The number of hydrogen-bond acceptors (Lipinski definition) is 7. The summed E-state index contributed by atoms with van der Waals surface area (Å²) < 4.78 is 28.9. The predicted octanol–water partition coefficient (Wildman–Crippen LogP) is 4.19. The molecule has 2 amide bonds. The molecule has 0 radical (unpaired) electrons. The number of rotatable bonds is 14. The third-order valence-electron chi connectivity index (χ3n) is 7.22. The van der Waals surface area contributed by atoms with Gasteiger partial charge in [0.1, 0.15) is 5.01 Å². The number of nitrogens with two attached hydrogens (primary N) is 1. The van der Waals surface area contributed by atoms with Gasteiger partial charge in [0.25, 0.3) is 5.91 Å². The maximum absolute atomic E-state index is 13.1. The molecule has 0 saturated heterocycles. The van der Waals surface area contributed by atoms with Gasteiger partial charge in [-0.3, -0.25) is 9.59 Å². The average Bonchev–Trinajstić information content (AvgIpc) is 3.65. The van der Waals surface area contributed by atoms with Crippen molar-refractivity contribution in [3.8, 4) is 11.1 Å². The van der Waals surface area contributed by atoms with Crippen molar-refractivity contribution in [3.63, 3.8) is 0 Å². The normalized spacial score (nSPS) is 14.7. The van der Waals surface area contributed by atoms with Crippen molar-refractivity contribution in [1.29, 1.82) is 0 Å². The molecular formula is C29H38N4O5S2. The quantitative estimate of drug-likeness (QED) is 0.259. The molecule has 4 N–H and O–H groups in total. The number of methoxy groups -OCH3 is 1. The number of carbonyl (C=O) groups excluding carboxylic acids is 2. The molecule has 1 unspecified atom stereocenters. The summed E-state index contributed by atoms with van der Waals surface area (Å²) >= 11 is 1.48. The van der Waals surface area contributed by atoms with Crippen LogP contribution in [0.25, 0.3) is 21.3 Å². The smallest absolute Gasteiger partial charge is 0.251 e. The number of ether oxygens (including phenoxy) is 1. The Bertz CT molecular complexity index is 1450. The zero-order valence-corrected chi connectivity index (χ0v) is 24.9. The lowest BCUT2D eigenvalue weighted by molar-refractivity contribution is -0.122. The molecule has 216 valence electrons. The van der Waals surface area contributed by atoms with Gasteiger partial charge in [0.2, 0.25) is 15.9 Å². The Labute approximate surface area is 240 Å². The van der Waals surface area contributed by atoms with Gasteiger partial charge in [-0.05, 0) is 61.6 Å². The predicted molar refractivity (Wildman–Crippen MR) is 159 cm³/mol. The summed E-state index contributed by atoms with van der Waals surface area (Å²) in [6, 6.07) is 13.4. The molecule has 1 aliphatic carbocycles. The molecule has 1 atom stereocenters. The second-order valence-electron chi connectivity index (χ2n) is 11.0. The Balaban J connectivity index is 1.48. The number of hydrogen-bond donors (Lipinski definition) is 3. The highest BCUT2D eigenvalue weighted by Gasteiger charge is 2.27. The van der Waals surface area contributed by atoms with Crippen molar-refractivity contribution in [3.05, 3.63) is 53.0 Å². The molecule has 3 aromatic rings. The molecule has 1 saturated carbocycles. The van der Waals surface area contributed by atoms with Crippen LogP contribution in [0.5, 0.6) is 0 Å². The summed E-state index contributed by atoms with van der Waals surface area (Å²) in [5, 5.41) is 11.4. The minimum absolute atomic E-state index is 0.0238. The van der Waals surface area contributed by atoms with E-state index in [9.17, 15) is 18.0 Å². The largest absolute Gasteiger partial charge is 0.377 e. The molecule has 1 heterocycles. The Morgan fingerprint density at radius 2 is 1.82 bits per heavy atom. The molecule has 1 aromatic heterocycles. The molecule has 0 aliphatic heterocycles. The van der Waals surface area contributed by atoms with Crippen LogP contribution in [0.3, 0.4) is 0 Å². The lowest BCUT2D eigenvalue weighted by Crippen LogP contribution is -2.39. The van der Waals surface area contributed by atoms with Crippen molar-refractivity contribution in [2.75, 3.05) is 26.0 Å². The maximum Gasteiger partial charge on any atom is 0.251 e. The van der Waals surface area contributed by atoms with Crippen molar-refractivity contribution < 1.29 is 22.7 Å². The van der Waals surface area contributed by atoms with Gasteiger partial charge >= 0.3 is 0 Å². The van der Waals surface area contributed by atoms with E-state index in [4.69, 9.17) is 14.9 Å². The van der Waals surface area contributed by atoms with Crippen LogP contribution in [0.1, 0.15) is 67.2 Å². The van der Waals surface area contributed by atoms with E-state index in [1.807, 2.05) is 44.2 Å². The minimum Gasteiger partial charge on any atom is -0.377 e. The van der Waals surface area contributed by atoms with E-state index < -0.39 is 21.5 Å². The fourth-order valence-corrected chi connectivity index (χ4v) is 5.90. The zero-order valence-electron chi connectivity index (χ0n) is 23.2. The highest BCUT2D eigenvalue weighted by molar-refractivity contribution is 7.89. The molecule has 2 aromatic carbocycles. The summed E-state index contributed by atoms with van der Waals surface area (Å²) in [4.78, 5) is 30.4. The van der Waals surface area contributed by atoms with E-state index in [1.54, 1.807) is 19.2 Å². The highest BCUT2D eigenvalue weighted by Crippen LogP contribution is 2.37. The van der Waals surface area contributed by atoms with Gasteiger partial charge in [0.15, 0.2) is 0 Å². The Hall–Kier alpha value is -2.86. The molecule has 11 heteroatoms. The van der Waals surface area contributed by atoms with Gasteiger partial charge in [-0.2, -0.15) is 0 Å². The van der Waals surface area contributed by atoms with Gasteiger partial charge in [-0.1, -0.05) is 43.9 Å². The fraction of sp³-hybridized carbons (Fsp3) is 0.483. The number of benzene rings is 2. The monoisotopic (exact) mass is 586 g/mol. The maximum atomic E-state index is 13.1. The van der Waals surface area contributed by atoms with Gasteiger partial charge in [-0.25, -0.2) is 18.5 Å². The number of sulfonamides is 1. The Morgan fingerprint density at radius 3 is 2.48 bits per heavy atom. The molecule has 0 bridgehead atoms. The summed E-state index contributed by atoms with van der Waals surface area (Å²) in [6.45, 7) is 4.20. The first-order valence-electron chi connectivity index (χ1n) is 13.6. The summed E-state index contributed by atoms with van der Waals surface area (Å²) in [7, 11) is -2.04. The third-order valence-corrected chi connectivity index (χ3v) is 9.12. The SMILES string of the molecule is COC(C)(C)CNC(=O)c1ccc(-c2ccc3nc(C(CCCC4CC4)C(=O)NCCS(N)(=O)=O)sc3c2)cc1. The third kappa shape index (κ3) is 8.57. The van der Waals surface area contributed by atoms with Crippen LogP contribution in [0.15, 0.2) is 42.5 Å². The van der Waals surface area contributed by atoms with Crippen molar-refractivity contribution >= 4 is 43.4 Å². The second kappa shape index (κ2) is 12.8. The van der Waals surface area contributed by atoms with Crippen LogP contribution in [0.4, 0.5) is 0 Å². The van der Waals surface area contributed by atoms with E-state index in [1.165, 1.54) is 24.2 Å². The van der Waals surface area contributed by atoms with E-state index in [0.29, 0.717) is 18.5 Å². The van der Waals surface area contributed by atoms with Crippen molar-refractivity contribution in [1.82, 2.24) is 15.6 Å². The first-order valence-corrected chi connectivity index (χ1v) is 16.1. The van der Waals surface area contributed by atoms with E-state index in [2.05, 4.69) is 10.6 Å². The van der Waals surface area contributed by atoms with E-state index in [0.717, 1.165) is 45.1 Å². The average molecular weight is 587 g/mol. The summed E-state index contributed by atoms with van der Waals surface area (Å²) in [5.74, 6) is -0.363. The van der Waals surface area contributed by atoms with E-state index in [-0.39, 0.29) is 24.1 Å². The number of nitrogens with one attached hydrogen (secondary N) is 2. The molecule has 40 heavy (non-hydrogen) atoms. The van der Waals surface area contributed by atoms with Crippen LogP contribution in [-0.2, 0) is 19.6 Å². The number of aromatic nitrogens is 1. The number of carbonyl (C=O) groups is 2. The standard InChI is InChI=1S/C29H38N4O5S2/c1-29(2,38-3)18-32-26(34)21-11-9-20(10-12-21)22-13-14-24-25(17-22)39-28(33-24)23(6-4-5-19-7-8-19)27(35)31-15-16-40(30,36)37/h9-14,17,19,23H,4-8,15-16,18H2,1-3H3,(H,31,35)(H,32,34)(H2,30,36,37). The van der Waals surface area contributed by atoms with Crippen molar-refractivity contribution in [2.45, 2.75) is 57.5 Å². The summed E-state index contributed by atoms with van der Waals surface area (Å²) in [6.07, 6.45) is 5.19. The lowest BCUT2D eigenvalue weighted by atomic mass is 10.0. The van der Waals surface area contributed by atoms with Gasteiger partial charge in [-0.15, -0.1) is 11.3 Å². The van der Waals surface area contributed by atoms with Crippen LogP contribution in [0.2, 0.25) is 0 Å². The number of amides is 2. The topological polar surface area (TPSA) is 140 Å². The summed E-state index contributed by atoms with van der Waals surface area (Å²) in [5.41, 5.74) is 2.88. The number of fused-ring (bicyclic) bond motifs is 1. The molecule has 1 fully saturated rings. The highest BCUT2D eigenvalue weighted by atomic mass is 32.2. The minimum atomic E-state index is -3.65. The molecule has 0 spiro atoms. The molecule has 9 nitrogen and oxygen atoms in total. The van der Waals surface area contributed by atoms with Crippen LogP contribution in [0, 0.1) is 5.92 Å². The lowest BCUT2D eigenvalue weighted by Gasteiger charge is -2.23. The first kappa shape index (κ1) is 30.1.